The van der Waals surface area contributed by atoms with E-state index in [9.17, 15) is 4.79 Å². The molecular weight excluding hydrogens is 312 g/mol. The van der Waals surface area contributed by atoms with Crippen LogP contribution in [0.4, 0.5) is 0 Å². The summed E-state index contributed by atoms with van der Waals surface area (Å²) in [6, 6.07) is 13.7. The second-order valence-corrected chi connectivity index (χ2v) is 6.04. The number of aliphatic hydroxyl groups excluding tert-OH is 1. The first-order chi connectivity index (χ1) is 11.3. The Morgan fingerprint density at radius 2 is 1.96 bits per heavy atom. The molecule has 0 aliphatic heterocycles. The van der Waals surface area contributed by atoms with Crippen LogP contribution in [0.1, 0.15) is 0 Å². The maximum absolute atomic E-state index is 12.4. The maximum Gasteiger partial charge on any atom is 0.287 e. The highest BCUT2D eigenvalue weighted by Crippen LogP contribution is 2.30. The van der Waals surface area contributed by atoms with Gasteiger partial charge in [-0.3, -0.25) is 4.79 Å². The summed E-state index contributed by atoms with van der Waals surface area (Å²) in [4.78, 5) is 17.8. The number of hydrogen-bond acceptors (Lipinski definition) is 6. The summed E-state index contributed by atoms with van der Waals surface area (Å²) >= 11 is 1.31. The second kappa shape index (κ2) is 5.53. The minimum absolute atomic E-state index is 0.138. The van der Waals surface area contributed by atoms with Crippen LogP contribution in [0.5, 0.6) is 0 Å². The van der Waals surface area contributed by atoms with Crippen molar-refractivity contribution in [1.29, 1.82) is 0 Å². The molecule has 0 amide bonds. The first-order valence-electron chi connectivity index (χ1n) is 7.11. The molecule has 1 N–H and O–H groups in total. The molecular formula is C16H12N4O2S. The number of nitrogens with zero attached hydrogens (tertiary/aromatic N) is 4. The van der Waals surface area contributed by atoms with Crippen LogP contribution in [-0.2, 0) is 6.54 Å². The summed E-state index contributed by atoms with van der Waals surface area (Å²) in [5.41, 5.74) is 2.20. The van der Waals surface area contributed by atoms with E-state index in [2.05, 4.69) is 15.3 Å². The van der Waals surface area contributed by atoms with Gasteiger partial charge in [-0.25, -0.2) is 9.67 Å². The Labute approximate surface area is 134 Å². The van der Waals surface area contributed by atoms with Crippen LogP contribution in [0.3, 0.4) is 0 Å². The van der Waals surface area contributed by atoms with Gasteiger partial charge in [0.2, 0.25) is 0 Å². The summed E-state index contributed by atoms with van der Waals surface area (Å²) in [5, 5.41) is 17.8. The summed E-state index contributed by atoms with van der Waals surface area (Å²) in [6.07, 6.45) is 0. The van der Waals surface area contributed by atoms with Gasteiger partial charge in [0.05, 0.1) is 18.8 Å². The Kier molecular flexibility index (Phi) is 3.36. The van der Waals surface area contributed by atoms with E-state index in [0.717, 1.165) is 21.5 Å². The minimum Gasteiger partial charge on any atom is -0.394 e. The number of pyridine rings is 1. The smallest absolute Gasteiger partial charge is 0.287 e. The molecule has 4 rings (SSSR count). The van der Waals surface area contributed by atoms with Crippen molar-refractivity contribution in [2.24, 2.45) is 0 Å². The first-order valence-corrected chi connectivity index (χ1v) is 7.93. The molecule has 114 valence electrons. The molecule has 0 spiro atoms. The molecule has 7 heteroatoms. The average molecular weight is 324 g/mol. The van der Waals surface area contributed by atoms with Crippen LogP contribution in [0.2, 0.25) is 0 Å². The van der Waals surface area contributed by atoms with Gasteiger partial charge >= 0.3 is 0 Å². The van der Waals surface area contributed by atoms with Crippen LogP contribution in [0.25, 0.3) is 31.7 Å². The Morgan fingerprint density at radius 3 is 2.74 bits per heavy atom. The van der Waals surface area contributed by atoms with E-state index < -0.39 is 0 Å². The molecule has 3 heterocycles. The maximum atomic E-state index is 12.4. The Bertz CT molecular complexity index is 1060. The number of thiophene rings is 1. The van der Waals surface area contributed by atoms with Crippen LogP contribution >= 0.6 is 11.3 Å². The molecule has 6 nitrogen and oxygen atoms in total. The molecule has 3 aromatic heterocycles. The normalized spacial score (nSPS) is 11.3. The van der Waals surface area contributed by atoms with Gasteiger partial charge < -0.3 is 5.11 Å². The third-order valence-electron chi connectivity index (χ3n) is 3.59. The van der Waals surface area contributed by atoms with Crippen molar-refractivity contribution in [3.05, 3.63) is 52.8 Å². The van der Waals surface area contributed by atoms with Gasteiger partial charge in [0.25, 0.3) is 5.56 Å². The number of fused-ring (bicyclic) bond motifs is 3. The fourth-order valence-corrected chi connectivity index (χ4v) is 3.53. The molecule has 0 saturated carbocycles. The minimum atomic E-state index is -0.242. The zero-order valence-corrected chi connectivity index (χ0v) is 12.8. The highest BCUT2D eigenvalue weighted by Gasteiger charge is 2.14. The van der Waals surface area contributed by atoms with Crippen molar-refractivity contribution in [3.63, 3.8) is 0 Å². The monoisotopic (exact) mass is 324 g/mol. The van der Waals surface area contributed by atoms with Gasteiger partial charge in [-0.05, 0) is 12.1 Å². The highest BCUT2D eigenvalue weighted by atomic mass is 32.1. The summed E-state index contributed by atoms with van der Waals surface area (Å²) < 4.78 is 1.69. The highest BCUT2D eigenvalue weighted by molar-refractivity contribution is 7.25. The van der Waals surface area contributed by atoms with E-state index in [-0.39, 0.29) is 18.7 Å². The van der Waals surface area contributed by atoms with Crippen LogP contribution in [-0.4, -0.2) is 31.7 Å². The summed E-state index contributed by atoms with van der Waals surface area (Å²) in [5.74, 6) is 0. The second-order valence-electron chi connectivity index (χ2n) is 5.04. The van der Waals surface area contributed by atoms with Gasteiger partial charge in [0.15, 0.2) is 0 Å². The Hall–Kier alpha value is -2.64. The predicted molar refractivity (Wildman–Crippen MR) is 89.5 cm³/mol. The molecule has 4 aromatic rings. The lowest BCUT2D eigenvalue weighted by molar-refractivity contribution is 0.264. The number of aromatic nitrogens is 4. The number of rotatable bonds is 3. The van der Waals surface area contributed by atoms with Crippen molar-refractivity contribution >= 4 is 31.8 Å². The van der Waals surface area contributed by atoms with E-state index in [1.54, 1.807) is 0 Å². The lowest BCUT2D eigenvalue weighted by atomic mass is 10.1. The van der Waals surface area contributed by atoms with Gasteiger partial charge in [-0.1, -0.05) is 35.5 Å². The van der Waals surface area contributed by atoms with Gasteiger partial charge in [-0.15, -0.1) is 16.4 Å². The van der Waals surface area contributed by atoms with Gasteiger partial charge in [0.1, 0.15) is 15.0 Å². The molecule has 0 aliphatic rings. The van der Waals surface area contributed by atoms with E-state index in [1.165, 1.54) is 16.0 Å². The van der Waals surface area contributed by atoms with E-state index >= 15 is 0 Å². The quantitative estimate of drug-likeness (QED) is 0.624. The van der Waals surface area contributed by atoms with E-state index in [4.69, 9.17) is 5.11 Å². The fraction of sp³-hybridized carbons (Fsp3) is 0.125. The van der Waals surface area contributed by atoms with Crippen molar-refractivity contribution in [1.82, 2.24) is 20.0 Å². The fourth-order valence-electron chi connectivity index (χ4n) is 2.48. The number of benzene rings is 1. The largest absolute Gasteiger partial charge is 0.394 e. The molecule has 0 aliphatic carbocycles. The third kappa shape index (κ3) is 2.30. The summed E-state index contributed by atoms with van der Waals surface area (Å²) in [7, 11) is 0. The molecule has 0 saturated heterocycles. The lowest BCUT2D eigenvalue weighted by Gasteiger charge is -2.00. The summed E-state index contributed by atoms with van der Waals surface area (Å²) in [6.45, 7) is -0.0138. The van der Waals surface area contributed by atoms with Gasteiger partial charge in [0, 0.05) is 10.9 Å². The first kappa shape index (κ1) is 14.0. The third-order valence-corrected chi connectivity index (χ3v) is 4.67. The zero-order valence-electron chi connectivity index (χ0n) is 12.0. The SMILES string of the molecule is O=c1c2sc3nc(-c4ccccc4)ccc3c2nnn1CCO. The molecule has 0 radical (unpaired) electrons. The zero-order chi connectivity index (χ0) is 15.8. The van der Waals surface area contributed by atoms with Gasteiger partial charge in [-0.2, -0.15) is 0 Å². The number of aliphatic hydroxyl groups is 1. The average Bonchev–Trinajstić information content (AvgIpc) is 2.97. The van der Waals surface area contributed by atoms with E-state index in [0.29, 0.717) is 10.2 Å². The molecule has 0 bridgehead atoms. The molecule has 1 aromatic carbocycles. The van der Waals surface area contributed by atoms with Crippen molar-refractivity contribution in [3.8, 4) is 11.3 Å². The Balaban J connectivity index is 1.94. The topological polar surface area (TPSA) is 80.9 Å². The molecule has 0 unspecified atom stereocenters. The lowest BCUT2D eigenvalue weighted by Crippen LogP contribution is -2.24. The Morgan fingerprint density at radius 1 is 1.13 bits per heavy atom. The molecule has 23 heavy (non-hydrogen) atoms. The van der Waals surface area contributed by atoms with Crippen molar-refractivity contribution in [2.45, 2.75) is 6.54 Å². The standard InChI is InChI=1S/C16H12N4O2S/c21-9-8-20-16(22)14-13(18-19-20)11-6-7-12(17-15(11)23-14)10-4-2-1-3-5-10/h1-7,21H,8-9H2. The molecule has 0 atom stereocenters. The van der Waals surface area contributed by atoms with Crippen LogP contribution in [0, 0.1) is 0 Å². The van der Waals surface area contributed by atoms with Crippen LogP contribution in [0.15, 0.2) is 47.3 Å². The predicted octanol–water partition coefficient (Wildman–Crippen LogP) is 2.06. The van der Waals surface area contributed by atoms with E-state index in [1.807, 2.05) is 42.5 Å². The molecule has 0 fully saturated rings. The van der Waals surface area contributed by atoms with Crippen molar-refractivity contribution < 1.29 is 5.11 Å². The number of hydrogen-bond donors (Lipinski definition) is 1. The van der Waals surface area contributed by atoms with Crippen LogP contribution < -0.4 is 5.56 Å². The van der Waals surface area contributed by atoms with Crippen molar-refractivity contribution in [2.75, 3.05) is 6.61 Å².